The Morgan fingerprint density at radius 3 is 2.60 bits per heavy atom. The standard InChI is InChI=1S/C23H25N3O4/c1-25-22(28)17-9-6-12-26(21(17)23(25)29)14-20(27)24-18-11-10-16(13-19(18)30-2)15-7-4-3-5-8-15/h3-5,7-8,10-11,13,20,24,27H,6,9,12,14H2,1-2H3. The van der Waals surface area contributed by atoms with Gasteiger partial charge in [0.05, 0.1) is 19.3 Å². The highest BCUT2D eigenvalue weighted by molar-refractivity contribution is 6.18. The van der Waals surface area contributed by atoms with Crippen LogP contribution < -0.4 is 10.1 Å². The van der Waals surface area contributed by atoms with Crippen LogP contribution in [0.3, 0.4) is 0 Å². The average Bonchev–Trinajstić information content (AvgIpc) is 2.99. The van der Waals surface area contributed by atoms with Crippen molar-refractivity contribution in [1.82, 2.24) is 9.80 Å². The summed E-state index contributed by atoms with van der Waals surface area (Å²) < 4.78 is 5.51. The molecule has 2 aliphatic rings. The third-order valence-corrected chi connectivity index (χ3v) is 5.55. The van der Waals surface area contributed by atoms with Crippen LogP contribution in [0.4, 0.5) is 5.69 Å². The summed E-state index contributed by atoms with van der Waals surface area (Å²) in [5.74, 6) is 0.0767. The number of imide groups is 1. The van der Waals surface area contributed by atoms with Gasteiger partial charge in [-0.1, -0.05) is 36.4 Å². The number of rotatable bonds is 6. The largest absolute Gasteiger partial charge is 0.495 e. The minimum atomic E-state index is -0.942. The molecule has 2 aliphatic heterocycles. The first-order valence-electron chi connectivity index (χ1n) is 9.98. The zero-order valence-electron chi connectivity index (χ0n) is 17.1. The Kier molecular flexibility index (Phi) is 5.46. The maximum Gasteiger partial charge on any atom is 0.277 e. The van der Waals surface area contributed by atoms with Crippen molar-refractivity contribution in [2.75, 3.05) is 32.6 Å². The lowest BCUT2D eigenvalue weighted by Crippen LogP contribution is -2.40. The lowest BCUT2D eigenvalue weighted by molar-refractivity contribution is -0.136. The number of aliphatic hydroxyl groups is 1. The van der Waals surface area contributed by atoms with E-state index in [1.54, 1.807) is 12.0 Å². The van der Waals surface area contributed by atoms with Gasteiger partial charge in [0, 0.05) is 19.2 Å². The topological polar surface area (TPSA) is 82.1 Å². The molecule has 2 aromatic carbocycles. The van der Waals surface area contributed by atoms with Gasteiger partial charge in [0.25, 0.3) is 11.8 Å². The first-order chi connectivity index (χ1) is 14.5. The first kappa shape index (κ1) is 20.0. The molecule has 7 heteroatoms. The van der Waals surface area contributed by atoms with Crippen LogP contribution in [0.25, 0.3) is 11.1 Å². The quantitative estimate of drug-likeness (QED) is 0.566. The Bertz CT molecular complexity index is 1000. The van der Waals surface area contributed by atoms with Crippen molar-refractivity contribution in [3.63, 3.8) is 0 Å². The fraction of sp³-hybridized carbons (Fsp3) is 0.304. The molecule has 7 nitrogen and oxygen atoms in total. The Morgan fingerprint density at radius 1 is 1.10 bits per heavy atom. The van der Waals surface area contributed by atoms with Crippen molar-refractivity contribution in [1.29, 1.82) is 0 Å². The van der Waals surface area contributed by atoms with Crippen LogP contribution in [-0.4, -0.2) is 60.2 Å². The van der Waals surface area contributed by atoms with E-state index in [1.165, 1.54) is 7.05 Å². The highest BCUT2D eigenvalue weighted by Crippen LogP contribution is 2.33. The smallest absolute Gasteiger partial charge is 0.277 e. The molecule has 0 spiro atoms. The second-order valence-corrected chi connectivity index (χ2v) is 7.49. The SMILES string of the molecule is COc1cc(-c2ccccc2)ccc1NC(O)CN1CCCC2=C1C(=O)N(C)C2=O. The van der Waals surface area contributed by atoms with E-state index in [-0.39, 0.29) is 18.4 Å². The zero-order chi connectivity index (χ0) is 21.3. The van der Waals surface area contributed by atoms with Crippen LogP contribution in [0.1, 0.15) is 12.8 Å². The maximum atomic E-state index is 12.5. The van der Waals surface area contributed by atoms with Crippen molar-refractivity contribution in [3.05, 3.63) is 59.8 Å². The first-order valence-corrected chi connectivity index (χ1v) is 9.98. The third-order valence-electron chi connectivity index (χ3n) is 5.55. The van der Waals surface area contributed by atoms with E-state index >= 15 is 0 Å². The maximum absolute atomic E-state index is 12.5. The number of β-amino-alcohol motifs (C(OH)–C–C–N with tert-alkyl or cyclic N) is 1. The molecule has 1 unspecified atom stereocenters. The molecular weight excluding hydrogens is 382 g/mol. The molecule has 0 bridgehead atoms. The third kappa shape index (κ3) is 3.64. The molecule has 0 saturated heterocycles. The molecule has 0 saturated carbocycles. The number of ether oxygens (including phenoxy) is 1. The van der Waals surface area contributed by atoms with Crippen LogP contribution in [0.15, 0.2) is 59.8 Å². The van der Waals surface area contributed by atoms with Gasteiger partial charge in [-0.2, -0.15) is 0 Å². The monoisotopic (exact) mass is 407 g/mol. The Hall–Kier alpha value is -3.32. The molecule has 2 N–H and O–H groups in total. The molecule has 1 atom stereocenters. The van der Waals surface area contributed by atoms with E-state index < -0.39 is 6.23 Å². The number of nitrogens with one attached hydrogen (secondary N) is 1. The van der Waals surface area contributed by atoms with Crippen molar-refractivity contribution in [2.24, 2.45) is 0 Å². The second-order valence-electron chi connectivity index (χ2n) is 7.49. The number of carbonyl (C=O) groups is 2. The summed E-state index contributed by atoms with van der Waals surface area (Å²) in [5.41, 5.74) is 3.70. The molecule has 0 aromatic heterocycles. The van der Waals surface area contributed by atoms with Gasteiger partial charge in [0.1, 0.15) is 17.7 Å². The van der Waals surface area contributed by atoms with Crippen LogP contribution in [0, 0.1) is 0 Å². The molecule has 0 fully saturated rings. The van der Waals surface area contributed by atoms with Crippen molar-refractivity contribution in [3.8, 4) is 16.9 Å². The summed E-state index contributed by atoms with van der Waals surface area (Å²) >= 11 is 0. The Labute approximate surface area is 175 Å². The minimum Gasteiger partial charge on any atom is -0.495 e. The van der Waals surface area contributed by atoms with Crippen LogP contribution in [-0.2, 0) is 9.59 Å². The Morgan fingerprint density at radius 2 is 1.87 bits per heavy atom. The number of carbonyl (C=O) groups excluding carboxylic acids is 2. The normalized spacial score (nSPS) is 17.3. The molecule has 156 valence electrons. The fourth-order valence-corrected chi connectivity index (χ4v) is 4.03. The molecule has 30 heavy (non-hydrogen) atoms. The summed E-state index contributed by atoms with van der Waals surface area (Å²) in [5, 5.41) is 13.7. The summed E-state index contributed by atoms with van der Waals surface area (Å²) in [6.45, 7) is 0.809. The molecule has 2 aromatic rings. The van der Waals surface area contributed by atoms with Gasteiger partial charge >= 0.3 is 0 Å². The van der Waals surface area contributed by atoms with Crippen LogP contribution in [0.2, 0.25) is 0 Å². The lowest BCUT2D eigenvalue weighted by atomic mass is 10.0. The van der Waals surface area contributed by atoms with Gasteiger partial charge in [-0.3, -0.25) is 14.5 Å². The van der Waals surface area contributed by atoms with Crippen molar-refractivity contribution in [2.45, 2.75) is 19.1 Å². The lowest BCUT2D eigenvalue weighted by Gasteiger charge is -2.31. The van der Waals surface area contributed by atoms with E-state index in [0.717, 1.165) is 22.4 Å². The van der Waals surface area contributed by atoms with Crippen molar-refractivity contribution < 1.29 is 19.4 Å². The number of nitrogens with zero attached hydrogens (tertiary/aromatic N) is 2. The van der Waals surface area contributed by atoms with Gasteiger partial charge in [-0.25, -0.2) is 0 Å². The molecular formula is C23H25N3O4. The number of anilines is 1. The van der Waals surface area contributed by atoms with Gasteiger partial charge in [-0.15, -0.1) is 0 Å². The highest BCUT2D eigenvalue weighted by Gasteiger charge is 2.40. The van der Waals surface area contributed by atoms with Crippen LogP contribution in [0.5, 0.6) is 5.75 Å². The summed E-state index contributed by atoms with van der Waals surface area (Å²) in [6.07, 6.45) is 0.425. The van der Waals surface area contributed by atoms with Gasteiger partial charge in [-0.05, 0) is 36.1 Å². The molecule has 4 rings (SSSR count). The minimum absolute atomic E-state index is 0.190. The van der Waals surface area contributed by atoms with E-state index in [1.807, 2.05) is 48.5 Å². The number of amides is 2. The van der Waals surface area contributed by atoms with Crippen molar-refractivity contribution >= 4 is 17.5 Å². The molecule has 0 aliphatic carbocycles. The Balaban J connectivity index is 1.50. The molecule has 2 amide bonds. The predicted molar refractivity (Wildman–Crippen MR) is 114 cm³/mol. The number of methoxy groups -OCH3 is 1. The number of benzene rings is 2. The summed E-state index contributed by atoms with van der Waals surface area (Å²) in [7, 11) is 3.08. The van der Waals surface area contributed by atoms with E-state index in [4.69, 9.17) is 4.74 Å². The summed E-state index contributed by atoms with van der Waals surface area (Å²) in [6, 6.07) is 15.7. The number of aliphatic hydroxyl groups excluding tert-OH is 1. The van der Waals surface area contributed by atoms with Gasteiger partial charge < -0.3 is 20.1 Å². The highest BCUT2D eigenvalue weighted by atomic mass is 16.5. The number of likely N-dealkylation sites (N-methyl/N-ethyl adjacent to an activating group) is 1. The van der Waals surface area contributed by atoms with Gasteiger partial charge in [0.15, 0.2) is 0 Å². The second kappa shape index (κ2) is 8.20. The average molecular weight is 407 g/mol. The van der Waals surface area contributed by atoms with E-state index in [9.17, 15) is 14.7 Å². The van der Waals surface area contributed by atoms with Crippen LogP contribution >= 0.6 is 0 Å². The summed E-state index contributed by atoms with van der Waals surface area (Å²) in [4.78, 5) is 27.6. The molecule has 0 radical (unpaired) electrons. The zero-order valence-corrected chi connectivity index (χ0v) is 17.1. The van der Waals surface area contributed by atoms with E-state index in [2.05, 4.69) is 5.32 Å². The predicted octanol–water partition coefficient (Wildman–Crippen LogP) is 2.44. The fourth-order valence-electron chi connectivity index (χ4n) is 4.03. The van der Waals surface area contributed by atoms with Gasteiger partial charge in [0.2, 0.25) is 0 Å². The number of hydrogen-bond acceptors (Lipinski definition) is 6. The molecule has 2 heterocycles. The number of hydrogen-bond donors (Lipinski definition) is 2. The van der Waals surface area contributed by atoms with E-state index in [0.29, 0.717) is 35.7 Å².